The summed E-state index contributed by atoms with van der Waals surface area (Å²) in [4.78, 5) is 0. The van der Waals surface area contributed by atoms with Gasteiger partial charge in [-0.1, -0.05) is 117 Å². The van der Waals surface area contributed by atoms with E-state index in [0.717, 1.165) is 67.8 Å². The first-order chi connectivity index (χ1) is 13.7. The third kappa shape index (κ3) is 10.2. The van der Waals surface area contributed by atoms with Crippen LogP contribution in [-0.4, -0.2) is 34.0 Å². The molecule has 0 aliphatic rings. The lowest BCUT2D eigenvalue weighted by molar-refractivity contribution is -0.0460. The van der Waals surface area contributed by atoms with Crippen LogP contribution < -0.4 is 0 Å². The summed E-state index contributed by atoms with van der Waals surface area (Å²) < 4.78 is 67.2. The van der Waals surface area contributed by atoms with Crippen molar-refractivity contribution in [2.75, 3.05) is 0 Å². The first-order valence-corrected chi connectivity index (χ1v) is 19.6. The molecule has 0 aliphatic heterocycles. The number of hydrogen-bond acceptors (Lipinski definition) is 2. The molecule has 0 saturated heterocycles. The third-order valence-electron chi connectivity index (χ3n) is 5.92. The number of halogens is 3. The van der Waals surface area contributed by atoms with Crippen LogP contribution in [0.25, 0.3) is 0 Å². The highest BCUT2D eigenvalue weighted by atomic mass is 32.2. The summed E-state index contributed by atoms with van der Waals surface area (Å²) in [6, 6.07) is 1.20. The van der Waals surface area contributed by atoms with Gasteiger partial charge in [-0.15, -0.1) is 0 Å². The summed E-state index contributed by atoms with van der Waals surface area (Å²) in [5.74, 6) is 0. The molecule has 0 rings (SSSR count). The lowest BCUT2D eigenvalue weighted by Crippen LogP contribution is -2.66. The minimum atomic E-state index is -5.30. The van der Waals surface area contributed by atoms with Crippen molar-refractivity contribution >= 4 is 26.5 Å². The third-order valence-corrected chi connectivity index (χ3v) is 20.4. The Kier molecular flexibility index (Phi) is 13.7. The Morgan fingerprint density at radius 2 is 0.933 bits per heavy atom. The zero-order valence-corrected chi connectivity index (χ0v) is 23.0. The van der Waals surface area contributed by atoms with Gasteiger partial charge in [-0.25, -0.2) is 12.1 Å². The van der Waals surface area contributed by atoms with E-state index in [1.807, 2.05) is 26.2 Å². The van der Waals surface area contributed by atoms with Crippen molar-refractivity contribution in [3.63, 3.8) is 0 Å². The Balaban J connectivity index is 5.31. The van der Waals surface area contributed by atoms with Crippen LogP contribution in [0.1, 0.15) is 90.9 Å². The molecule has 0 aromatic heterocycles. The number of unbranched alkanes of at least 4 members (excludes halogenated alkanes) is 10. The van der Waals surface area contributed by atoms with Gasteiger partial charge < -0.3 is 0 Å². The van der Waals surface area contributed by atoms with E-state index < -0.39 is 32.0 Å². The topological polar surface area (TPSA) is 37.4 Å². The van der Waals surface area contributed by atoms with Crippen molar-refractivity contribution < 1.29 is 21.6 Å². The summed E-state index contributed by atoms with van der Waals surface area (Å²) in [6.07, 6.45) is 12.6. The summed E-state index contributed by atoms with van der Waals surface area (Å²) in [5, 5.41) is 0. The molecule has 0 aliphatic carbocycles. The maximum absolute atomic E-state index is 13.6. The predicted octanol–water partition coefficient (Wildman–Crippen LogP) is 8.27. The summed E-state index contributed by atoms with van der Waals surface area (Å²) in [7, 11) is -10.9. The molecule has 0 atom stereocenters. The van der Waals surface area contributed by atoms with Crippen molar-refractivity contribution in [1.82, 2.24) is 3.64 Å². The average molecular weight is 490 g/mol. The highest BCUT2D eigenvalue weighted by Crippen LogP contribution is 2.38. The fourth-order valence-corrected chi connectivity index (χ4v) is 20.9. The highest BCUT2D eigenvalue weighted by molar-refractivity contribution is 7.92. The monoisotopic (exact) mass is 489 g/mol. The molecule has 0 spiro atoms. The normalized spacial score (nSPS) is 13.9. The van der Waals surface area contributed by atoms with E-state index in [9.17, 15) is 21.6 Å². The number of sulfonamides is 1. The lowest BCUT2D eigenvalue weighted by atomic mass is 10.1. The lowest BCUT2D eigenvalue weighted by Gasteiger charge is -2.46. The second kappa shape index (κ2) is 13.6. The van der Waals surface area contributed by atoms with Crippen LogP contribution in [0, 0.1) is 0 Å². The van der Waals surface area contributed by atoms with Gasteiger partial charge in [0.2, 0.25) is 0 Å². The molecule has 0 aromatic rings. The molecule has 0 amide bonds. The zero-order valence-electron chi connectivity index (χ0n) is 20.2. The Bertz CT molecular complexity index is 539. The van der Waals surface area contributed by atoms with Crippen molar-refractivity contribution in [1.29, 1.82) is 0 Å². The Morgan fingerprint density at radius 3 is 1.23 bits per heavy atom. The van der Waals surface area contributed by atoms with Crippen LogP contribution in [-0.2, 0) is 10.0 Å². The molecular weight excluding hydrogens is 443 g/mol. The molecule has 0 N–H and O–H groups in total. The van der Waals surface area contributed by atoms with Crippen LogP contribution in [0.3, 0.4) is 0 Å². The number of alkyl halides is 3. The van der Waals surface area contributed by atoms with Gasteiger partial charge >= 0.3 is 15.5 Å². The first-order valence-electron chi connectivity index (χ1n) is 11.9. The van der Waals surface area contributed by atoms with Crippen LogP contribution in [0.4, 0.5) is 13.2 Å². The second-order valence-electron chi connectivity index (χ2n) is 9.88. The van der Waals surface area contributed by atoms with Crippen molar-refractivity contribution in [3.05, 3.63) is 0 Å². The molecule has 3 nitrogen and oxygen atoms in total. The van der Waals surface area contributed by atoms with E-state index >= 15 is 0 Å². The molecule has 0 aromatic carbocycles. The Labute approximate surface area is 186 Å². The van der Waals surface area contributed by atoms with E-state index in [1.54, 1.807) is 0 Å². The molecular formula is C21H46F3NO2SSi2. The van der Waals surface area contributed by atoms with Crippen LogP contribution in [0.2, 0.25) is 38.3 Å². The van der Waals surface area contributed by atoms with Gasteiger partial charge in [-0.3, -0.25) is 0 Å². The quantitative estimate of drug-likeness (QED) is 0.152. The maximum atomic E-state index is 13.6. The molecule has 0 unspecified atom stereocenters. The molecule has 182 valence electrons. The fourth-order valence-electron chi connectivity index (χ4n) is 4.45. The van der Waals surface area contributed by atoms with Gasteiger partial charge in [0.15, 0.2) is 0 Å². The minimum Gasteiger partial charge on any atom is -0.239 e. The second-order valence-corrected chi connectivity index (χ2v) is 21.9. The largest absolute Gasteiger partial charge is 0.510 e. The average Bonchev–Trinajstić information content (AvgIpc) is 2.59. The van der Waals surface area contributed by atoms with Gasteiger partial charge in [0, 0.05) is 0 Å². The van der Waals surface area contributed by atoms with E-state index in [4.69, 9.17) is 0 Å². The highest BCUT2D eigenvalue weighted by Gasteiger charge is 2.58. The van der Waals surface area contributed by atoms with Gasteiger partial charge in [0.1, 0.15) is 16.5 Å². The molecule has 0 saturated carbocycles. The van der Waals surface area contributed by atoms with Crippen LogP contribution in [0.5, 0.6) is 0 Å². The molecule has 30 heavy (non-hydrogen) atoms. The van der Waals surface area contributed by atoms with Gasteiger partial charge in [0.25, 0.3) is 0 Å². The Morgan fingerprint density at radius 1 is 0.633 bits per heavy atom. The molecule has 0 radical (unpaired) electrons. The first kappa shape index (κ1) is 30.1. The summed E-state index contributed by atoms with van der Waals surface area (Å²) in [6.45, 7) is 11.6. The summed E-state index contributed by atoms with van der Waals surface area (Å²) >= 11 is 0. The zero-order chi connectivity index (χ0) is 23.5. The molecule has 0 heterocycles. The van der Waals surface area contributed by atoms with Gasteiger partial charge in [-0.05, 0) is 12.1 Å². The van der Waals surface area contributed by atoms with Gasteiger partial charge in [0.05, 0.1) is 0 Å². The number of rotatable bonds is 17. The smallest absolute Gasteiger partial charge is 0.239 e. The predicted molar refractivity (Wildman–Crippen MR) is 128 cm³/mol. The van der Waals surface area contributed by atoms with E-state index in [2.05, 4.69) is 13.8 Å². The fraction of sp³-hybridized carbons (Fsp3) is 1.00. The molecule has 9 heteroatoms. The SMILES string of the molecule is CCCCCCCC[Si](C)(C)N([Si](C)(C)CCCCCCCC)S(=O)(=O)C(F)(F)F. The molecule has 0 bridgehead atoms. The maximum Gasteiger partial charge on any atom is 0.510 e. The van der Waals surface area contributed by atoms with Crippen LogP contribution >= 0.6 is 0 Å². The van der Waals surface area contributed by atoms with E-state index in [0.29, 0.717) is 12.1 Å². The molecule has 0 fully saturated rings. The van der Waals surface area contributed by atoms with Gasteiger partial charge in [-0.2, -0.15) is 13.2 Å². The van der Waals surface area contributed by atoms with Crippen LogP contribution in [0.15, 0.2) is 0 Å². The minimum absolute atomic E-state index is 0.599. The van der Waals surface area contributed by atoms with Crippen molar-refractivity contribution in [2.24, 2.45) is 0 Å². The summed E-state index contributed by atoms with van der Waals surface area (Å²) in [5.41, 5.74) is -5.22. The van der Waals surface area contributed by atoms with Crippen molar-refractivity contribution in [3.8, 4) is 0 Å². The number of nitrogens with zero attached hydrogens (tertiary/aromatic N) is 1. The van der Waals surface area contributed by atoms with E-state index in [-0.39, 0.29) is 0 Å². The van der Waals surface area contributed by atoms with Crippen molar-refractivity contribution in [2.45, 2.75) is 135 Å². The Hall–Kier alpha value is 0.134. The van der Waals surface area contributed by atoms with E-state index in [1.165, 1.54) is 12.8 Å². The number of hydrogen-bond donors (Lipinski definition) is 0. The standard InChI is InChI=1S/C21H46F3NO2SSi2/c1-7-9-11-13-15-17-19-29(3,4)25(28(26,27)21(22,23)24)30(5,6)20-18-16-14-12-10-8-2/h7-20H2,1-6H3.